The second-order valence-electron chi connectivity index (χ2n) is 14.1. The van der Waals surface area contributed by atoms with E-state index in [0.29, 0.717) is 0 Å². The Morgan fingerprint density at radius 2 is 0.963 bits per heavy atom. The molecule has 10 aromatic carbocycles. The number of hydrogen-bond donors (Lipinski definition) is 0. The number of nitrogens with zero attached hydrogens (tertiary/aromatic N) is 1. The van der Waals surface area contributed by atoms with Gasteiger partial charge in [-0.15, -0.1) is 11.3 Å². The van der Waals surface area contributed by atoms with Crippen LogP contribution in [0.5, 0.6) is 0 Å². The van der Waals surface area contributed by atoms with Gasteiger partial charge in [-0.25, -0.2) is 0 Å². The Bertz CT molecular complexity index is 3210. The molecular weight excluding hydrogens is 671 g/mol. The minimum Gasteiger partial charge on any atom is -0.309 e. The van der Waals surface area contributed by atoms with Gasteiger partial charge in [0, 0.05) is 26.8 Å². The molecule has 0 saturated heterocycles. The lowest BCUT2D eigenvalue weighted by atomic mass is 9.88. The molecule has 0 spiro atoms. The zero-order chi connectivity index (χ0) is 35.6. The highest BCUT2D eigenvalue weighted by molar-refractivity contribution is 7.26. The zero-order valence-electron chi connectivity index (χ0n) is 29.4. The van der Waals surface area contributed by atoms with E-state index in [9.17, 15) is 0 Å². The fourth-order valence-electron chi connectivity index (χ4n) is 8.51. The molecule has 0 N–H and O–H groups in total. The Kier molecular flexibility index (Phi) is 7.11. The summed E-state index contributed by atoms with van der Waals surface area (Å²) in [5.41, 5.74) is 8.27. The molecular formula is C52H33NS. The summed E-state index contributed by atoms with van der Waals surface area (Å²) in [6.07, 6.45) is 0. The third-order valence-corrected chi connectivity index (χ3v) is 12.2. The van der Waals surface area contributed by atoms with Crippen LogP contribution < -0.4 is 4.90 Å². The molecule has 1 nitrogen and oxygen atoms in total. The molecule has 2 heteroatoms. The lowest BCUT2D eigenvalue weighted by Crippen LogP contribution is -2.10. The first-order valence-electron chi connectivity index (χ1n) is 18.5. The average Bonchev–Trinajstić information content (AvgIpc) is 3.63. The number of rotatable bonds is 5. The van der Waals surface area contributed by atoms with Crippen LogP contribution in [0.3, 0.4) is 0 Å². The minimum absolute atomic E-state index is 1.12. The number of thiophene rings is 1. The van der Waals surface area contributed by atoms with Crippen molar-refractivity contribution in [3.05, 3.63) is 200 Å². The first-order chi connectivity index (χ1) is 26.8. The van der Waals surface area contributed by atoms with Crippen LogP contribution in [0.2, 0.25) is 0 Å². The van der Waals surface area contributed by atoms with Gasteiger partial charge >= 0.3 is 0 Å². The summed E-state index contributed by atoms with van der Waals surface area (Å²) < 4.78 is 2.58. The van der Waals surface area contributed by atoms with Crippen molar-refractivity contribution in [3.8, 4) is 22.3 Å². The number of benzene rings is 10. The van der Waals surface area contributed by atoms with E-state index in [-0.39, 0.29) is 0 Å². The predicted molar refractivity (Wildman–Crippen MR) is 235 cm³/mol. The van der Waals surface area contributed by atoms with Gasteiger partial charge in [-0.2, -0.15) is 0 Å². The summed E-state index contributed by atoms with van der Waals surface area (Å²) in [6, 6.07) is 73.5. The van der Waals surface area contributed by atoms with E-state index >= 15 is 0 Å². The van der Waals surface area contributed by atoms with Gasteiger partial charge in [-0.05, 0) is 108 Å². The van der Waals surface area contributed by atoms with E-state index in [1.165, 1.54) is 91.2 Å². The van der Waals surface area contributed by atoms with Crippen LogP contribution in [-0.2, 0) is 0 Å². The van der Waals surface area contributed by atoms with Crippen LogP contribution in [0.15, 0.2) is 200 Å². The van der Waals surface area contributed by atoms with Crippen molar-refractivity contribution < 1.29 is 0 Å². The highest BCUT2D eigenvalue weighted by atomic mass is 32.1. The first-order valence-corrected chi connectivity index (χ1v) is 19.3. The van der Waals surface area contributed by atoms with E-state index in [0.717, 1.165) is 11.4 Å². The summed E-state index contributed by atoms with van der Waals surface area (Å²) in [7, 11) is 0. The lowest BCUT2D eigenvalue weighted by molar-refractivity contribution is 1.30. The Labute approximate surface area is 317 Å². The molecule has 54 heavy (non-hydrogen) atoms. The summed E-state index contributed by atoms with van der Waals surface area (Å²) in [6.45, 7) is 0. The highest BCUT2D eigenvalue weighted by Crippen LogP contribution is 2.47. The molecule has 11 rings (SSSR count). The number of fused-ring (bicyclic) bond motifs is 10. The molecule has 0 saturated carbocycles. The van der Waals surface area contributed by atoms with E-state index in [1.54, 1.807) is 0 Å². The van der Waals surface area contributed by atoms with Crippen molar-refractivity contribution in [3.63, 3.8) is 0 Å². The van der Waals surface area contributed by atoms with Crippen molar-refractivity contribution >= 4 is 91.7 Å². The van der Waals surface area contributed by atoms with Crippen LogP contribution >= 0.6 is 11.3 Å². The molecule has 0 fully saturated rings. The molecule has 252 valence electrons. The van der Waals surface area contributed by atoms with Crippen molar-refractivity contribution in [1.29, 1.82) is 0 Å². The minimum atomic E-state index is 1.12. The molecule has 0 aliphatic rings. The average molecular weight is 704 g/mol. The van der Waals surface area contributed by atoms with Crippen LogP contribution in [0.4, 0.5) is 17.1 Å². The maximum atomic E-state index is 2.45. The maximum absolute atomic E-state index is 2.45. The molecule has 0 radical (unpaired) electrons. The highest BCUT2D eigenvalue weighted by Gasteiger charge is 2.20. The van der Waals surface area contributed by atoms with E-state index in [4.69, 9.17) is 0 Å². The molecule has 0 aliphatic carbocycles. The second-order valence-corrected chi connectivity index (χ2v) is 15.1. The van der Waals surface area contributed by atoms with Crippen LogP contribution in [0.1, 0.15) is 0 Å². The van der Waals surface area contributed by atoms with Crippen LogP contribution in [-0.4, -0.2) is 0 Å². The van der Waals surface area contributed by atoms with Gasteiger partial charge in [-0.1, -0.05) is 158 Å². The Morgan fingerprint density at radius 1 is 0.333 bits per heavy atom. The van der Waals surface area contributed by atoms with Gasteiger partial charge in [-0.3, -0.25) is 0 Å². The van der Waals surface area contributed by atoms with Gasteiger partial charge in [0.15, 0.2) is 0 Å². The van der Waals surface area contributed by atoms with Gasteiger partial charge in [0.1, 0.15) is 0 Å². The molecule has 1 heterocycles. The topological polar surface area (TPSA) is 3.24 Å². The summed E-state index contributed by atoms with van der Waals surface area (Å²) >= 11 is 1.87. The molecule has 0 unspecified atom stereocenters. The number of anilines is 3. The fraction of sp³-hybridized carbons (Fsp3) is 0. The standard InChI is InChI=1S/C52H33NS/c1-2-12-34(13-3-1)35-26-29-40(30-27-35)53(48-22-11-21-46-44-20-8-9-23-49(44)54-52(46)48)41-17-10-16-38(32-41)47-33-39-15-5-7-19-43(39)51-45(47)31-28-37-25-24-36-14-4-6-18-42(36)50(37)51/h1-33H. The SMILES string of the molecule is c1ccc(-c2ccc(N(c3cccc(-c4cc5ccccc5c5c4ccc4ccc6ccccc6c45)c3)c3cccc4c3sc3ccccc34)cc2)cc1. The second kappa shape index (κ2) is 12.4. The molecule has 11 aromatic rings. The summed E-state index contributed by atoms with van der Waals surface area (Å²) in [5.74, 6) is 0. The Hall–Kier alpha value is -6.74. The maximum Gasteiger partial charge on any atom is 0.0640 e. The van der Waals surface area contributed by atoms with Gasteiger partial charge in [0.2, 0.25) is 0 Å². The number of hydrogen-bond acceptors (Lipinski definition) is 2. The summed E-state index contributed by atoms with van der Waals surface area (Å²) in [4.78, 5) is 2.45. The predicted octanol–water partition coefficient (Wildman–Crippen LogP) is 15.5. The first kappa shape index (κ1) is 30.8. The summed E-state index contributed by atoms with van der Waals surface area (Å²) in [5, 5.41) is 12.8. The van der Waals surface area contributed by atoms with Crippen molar-refractivity contribution in [1.82, 2.24) is 0 Å². The van der Waals surface area contributed by atoms with Crippen molar-refractivity contribution in [2.75, 3.05) is 4.90 Å². The van der Waals surface area contributed by atoms with Crippen molar-refractivity contribution in [2.24, 2.45) is 0 Å². The third kappa shape index (κ3) is 4.92. The fourth-order valence-corrected chi connectivity index (χ4v) is 9.71. The van der Waals surface area contributed by atoms with E-state index < -0.39 is 0 Å². The normalized spacial score (nSPS) is 11.7. The lowest BCUT2D eigenvalue weighted by Gasteiger charge is -2.27. The quantitative estimate of drug-likeness (QED) is 0.161. The molecule has 0 bridgehead atoms. The van der Waals surface area contributed by atoms with Gasteiger partial charge < -0.3 is 4.90 Å². The van der Waals surface area contributed by atoms with Gasteiger partial charge in [0.25, 0.3) is 0 Å². The Morgan fingerprint density at radius 3 is 1.81 bits per heavy atom. The molecule has 1 aromatic heterocycles. The molecule has 0 aliphatic heterocycles. The van der Waals surface area contributed by atoms with Crippen molar-refractivity contribution in [2.45, 2.75) is 0 Å². The molecule has 0 amide bonds. The van der Waals surface area contributed by atoms with Crippen LogP contribution in [0, 0.1) is 0 Å². The van der Waals surface area contributed by atoms with Gasteiger partial charge in [0.05, 0.1) is 10.4 Å². The smallest absolute Gasteiger partial charge is 0.0640 e. The molecule has 0 atom stereocenters. The van der Waals surface area contributed by atoms with E-state index in [1.807, 2.05) is 11.3 Å². The Balaban J connectivity index is 1.16. The van der Waals surface area contributed by atoms with E-state index in [2.05, 4.69) is 205 Å². The zero-order valence-corrected chi connectivity index (χ0v) is 30.2. The third-order valence-electron chi connectivity index (χ3n) is 11.0. The van der Waals surface area contributed by atoms with Crippen LogP contribution in [0.25, 0.3) is 85.5 Å². The largest absolute Gasteiger partial charge is 0.309 e. The monoisotopic (exact) mass is 703 g/mol.